The van der Waals surface area contributed by atoms with Crippen LogP contribution in [0.15, 0.2) is 47.4 Å². The topological polar surface area (TPSA) is 87.2 Å². The Kier molecular flexibility index (Phi) is 6.83. The van der Waals surface area contributed by atoms with Gasteiger partial charge in [0.25, 0.3) is 0 Å². The quantitative estimate of drug-likeness (QED) is 0.609. The number of alkyl halides is 3. The lowest BCUT2D eigenvalue weighted by Crippen LogP contribution is -2.63. The average molecular weight is 503 g/mol. The number of aryl methyl sites for hydroxylation is 1. The van der Waals surface area contributed by atoms with Crippen molar-refractivity contribution in [2.75, 3.05) is 24.5 Å². The summed E-state index contributed by atoms with van der Waals surface area (Å²) in [7, 11) is -3.38. The van der Waals surface area contributed by atoms with Gasteiger partial charge in [-0.25, -0.2) is 8.42 Å². The minimum absolute atomic E-state index is 0.0496. The average Bonchev–Trinajstić information content (AvgIpc) is 2.67. The maximum atomic E-state index is 13.4. The molecule has 7 nitrogen and oxygen atoms in total. The second-order valence-corrected chi connectivity index (χ2v) is 12.5. The van der Waals surface area contributed by atoms with Gasteiger partial charge in [0.2, 0.25) is 10.0 Å². The number of carboxylic acids is 1. The number of ether oxygens (including phenoxy) is 1. The number of carboxylic acid groups (broad SMARTS) is 1. The molecular formula is C21H25F3N2O5SSi. The summed E-state index contributed by atoms with van der Waals surface area (Å²) in [5.74, 6) is -1.36. The zero-order chi connectivity index (χ0) is 24.6. The summed E-state index contributed by atoms with van der Waals surface area (Å²) in [5, 5.41) is 8.41. The highest BCUT2D eigenvalue weighted by Gasteiger charge is 2.41. The van der Waals surface area contributed by atoms with E-state index in [9.17, 15) is 26.4 Å². The lowest BCUT2D eigenvalue weighted by atomic mass is 10.1. The summed E-state index contributed by atoms with van der Waals surface area (Å²) >= 11 is 0. The van der Waals surface area contributed by atoms with Crippen molar-refractivity contribution in [2.45, 2.75) is 36.7 Å². The predicted octanol–water partition coefficient (Wildman–Crippen LogP) is 2.11. The van der Waals surface area contributed by atoms with Crippen molar-refractivity contribution in [3.63, 3.8) is 0 Å². The highest BCUT2D eigenvalue weighted by Crippen LogP contribution is 2.31. The van der Waals surface area contributed by atoms with E-state index in [1.165, 1.54) is 40.7 Å². The Morgan fingerprint density at radius 1 is 1.18 bits per heavy atom. The van der Waals surface area contributed by atoms with Crippen LogP contribution in [0.5, 0.6) is 5.75 Å². The van der Waals surface area contributed by atoms with Gasteiger partial charge in [0, 0.05) is 40.7 Å². The highest BCUT2D eigenvalue weighted by atomic mass is 32.2. The number of rotatable bonds is 6. The number of aliphatic carboxylic acids is 1. The number of nitrogens with zero attached hydrogens (tertiary/aromatic N) is 2. The molecule has 1 saturated heterocycles. The Morgan fingerprint density at radius 2 is 1.82 bits per heavy atom. The van der Waals surface area contributed by atoms with Crippen molar-refractivity contribution in [3.8, 4) is 5.75 Å². The Bertz CT molecular complexity index is 1140. The molecule has 12 heteroatoms. The van der Waals surface area contributed by atoms with Gasteiger partial charge >= 0.3 is 12.3 Å². The molecule has 0 spiro atoms. The van der Waals surface area contributed by atoms with Gasteiger partial charge in [-0.05, 0) is 61.4 Å². The molecule has 0 radical (unpaired) electrons. The van der Waals surface area contributed by atoms with E-state index in [1.54, 1.807) is 13.0 Å². The highest BCUT2D eigenvalue weighted by molar-refractivity contribution is 7.89. The van der Waals surface area contributed by atoms with Gasteiger partial charge < -0.3 is 14.7 Å². The standard InChI is InChI=1S/C21H25F3N2O5SSi/c1-14-3-8-18(11-15(14)12-19(27)28)32(29,30)26-10-9-25(13-20(26,2)33)16-4-6-17(7-5-16)31-21(22,23)24/h3-8,11H,9-10,12-13H2,1-2,33H3,(H,27,28)/t20-/m1/s1. The minimum atomic E-state index is -4.77. The molecule has 33 heavy (non-hydrogen) atoms. The molecule has 0 unspecified atom stereocenters. The van der Waals surface area contributed by atoms with Gasteiger partial charge in [-0.3, -0.25) is 4.79 Å². The fraction of sp³-hybridized carbons (Fsp3) is 0.381. The molecule has 1 aliphatic heterocycles. The molecule has 1 aliphatic rings. The maximum Gasteiger partial charge on any atom is 0.573 e. The Morgan fingerprint density at radius 3 is 2.36 bits per heavy atom. The number of sulfonamides is 1. The van der Waals surface area contributed by atoms with Gasteiger partial charge in [-0.1, -0.05) is 6.07 Å². The monoisotopic (exact) mass is 502 g/mol. The number of hydrogen-bond acceptors (Lipinski definition) is 5. The van der Waals surface area contributed by atoms with Crippen LogP contribution in [0.3, 0.4) is 0 Å². The summed E-state index contributed by atoms with van der Waals surface area (Å²) in [6, 6.07) is 10.00. The minimum Gasteiger partial charge on any atom is -0.481 e. The second kappa shape index (κ2) is 8.99. The zero-order valence-corrected chi connectivity index (χ0v) is 21.2. The number of hydrogen-bond donors (Lipinski definition) is 1. The van der Waals surface area contributed by atoms with E-state index in [-0.39, 0.29) is 23.6 Å². The van der Waals surface area contributed by atoms with Crippen molar-refractivity contribution >= 4 is 31.9 Å². The van der Waals surface area contributed by atoms with Crippen LogP contribution in [0.25, 0.3) is 0 Å². The van der Waals surface area contributed by atoms with E-state index in [4.69, 9.17) is 5.11 Å². The van der Waals surface area contributed by atoms with Gasteiger partial charge in [-0.2, -0.15) is 4.31 Å². The van der Waals surface area contributed by atoms with Crippen LogP contribution in [-0.4, -0.2) is 65.2 Å². The molecule has 2 aromatic carbocycles. The number of carbonyl (C=O) groups is 1. The smallest absolute Gasteiger partial charge is 0.481 e. The van der Waals surface area contributed by atoms with Crippen LogP contribution in [-0.2, 0) is 21.2 Å². The van der Waals surface area contributed by atoms with Crippen molar-refractivity contribution in [2.24, 2.45) is 0 Å². The van der Waals surface area contributed by atoms with Crippen LogP contribution >= 0.6 is 0 Å². The first kappa shape index (κ1) is 25.1. The van der Waals surface area contributed by atoms with Crippen LogP contribution in [0.2, 0.25) is 0 Å². The maximum absolute atomic E-state index is 13.4. The van der Waals surface area contributed by atoms with E-state index < -0.39 is 27.5 Å². The first-order valence-electron chi connectivity index (χ1n) is 10.1. The summed E-state index contributed by atoms with van der Waals surface area (Å²) < 4.78 is 69.4. The van der Waals surface area contributed by atoms with E-state index >= 15 is 0 Å². The van der Waals surface area contributed by atoms with Gasteiger partial charge in [0.15, 0.2) is 0 Å². The van der Waals surface area contributed by atoms with Crippen LogP contribution in [0.1, 0.15) is 18.1 Å². The molecule has 3 rings (SSSR count). The van der Waals surface area contributed by atoms with E-state index in [0.717, 1.165) is 0 Å². The first-order valence-corrected chi connectivity index (χ1v) is 12.6. The molecule has 0 aliphatic carbocycles. The molecule has 0 aromatic heterocycles. The van der Waals surface area contributed by atoms with Crippen LogP contribution < -0.4 is 9.64 Å². The fourth-order valence-corrected chi connectivity index (χ4v) is 7.10. The predicted molar refractivity (Wildman–Crippen MR) is 120 cm³/mol. The third-order valence-electron chi connectivity index (χ3n) is 5.51. The molecule has 1 N–H and O–H groups in total. The Hall–Kier alpha value is -2.57. The number of halogens is 3. The molecule has 1 fully saturated rings. The summed E-state index contributed by atoms with van der Waals surface area (Å²) in [6.07, 6.45) is -5.04. The molecule has 1 heterocycles. The summed E-state index contributed by atoms with van der Waals surface area (Å²) in [5.41, 5.74) is 1.81. The molecule has 0 saturated carbocycles. The third-order valence-corrected chi connectivity index (χ3v) is 8.80. The fourth-order valence-electron chi connectivity index (χ4n) is 3.95. The first-order chi connectivity index (χ1) is 15.2. The van der Waals surface area contributed by atoms with E-state index in [0.29, 0.717) is 40.1 Å². The Labute approximate surface area is 193 Å². The molecule has 2 aromatic rings. The lowest BCUT2D eigenvalue weighted by Gasteiger charge is -2.47. The third kappa shape index (κ3) is 5.87. The zero-order valence-electron chi connectivity index (χ0n) is 18.4. The molecule has 0 bridgehead atoms. The number of anilines is 1. The van der Waals surface area contributed by atoms with Crippen molar-refractivity contribution in [3.05, 3.63) is 53.6 Å². The van der Waals surface area contributed by atoms with Crippen molar-refractivity contribution < 1.29 is 36.2 Å². The van der Waals surface area contributed by atoms with E-state index in [2.05, 4.69) is 4.74 Å². The lowest BCUT2D eigenvalue weighted by molar-refractivity contribution is -0.274. The number of piperazine rings is 1. The van der Waals surface area contributed by atoms with Gasteiger partial charge in [0.05, 0.1) is 11.3 Å². The van der Waals surface area contributed by atoms with E-state index in [1.807, 2.05) is 11.8 Å². The van der Waals surface area contributed by atoms with Crippen molar-refractivity contribution in [1.82, 2.24) is 4.31 Å². The summed E-state index contributed by atoms with van der Waals surface area (Å²) in [4.78, 5) is 13.1. The molecular weight excluding hydrogens is 477 g/mol. The Balaban J connectivity index is 1.81. The van der Waals surface area contributed by atoms with Gasteiger partial charge in [0.1, 0.15) is 5.75 Å². The largest absolute Gasteiger partial charge is 0.573 e. The molecule has 1 atom stereocenters. The second-order valence-electron chi connectivity index (χ2n) is 8.51. The molecule has 0 amide bonds. The van der Waals surface area contributed by atoms with Crippen LogP contribution in [0, 0.1) is 6.92 Å². The SMILES string of the molecule is Cc1ccc(S(=O)(=O)N2CCN(c3ccc(OC(F)(F)F)cc3)C[C@@]2(C)[SiH3])cc1CC(=O)O. The van der Waals surface area contributed by atoms with Crippen LogP contribution in [0.4, 0.5) is 18.9 Å². The molecule has 180 valence electrons. The van der Waals surface area contributed by atoms with Gasteiger partial charge in [-0.15, -0.1) is 13.2 Å². The normalized spacial score (nSPS) is 20.1. The van der Waals surface area contributed by atoms with Crippen molar-refractivity contribution in [1.29, 1.82) is 0 Å². The summed E-state index contributed by atoms with van der Waals surface area (Å²) in [6.45, 7) is 4.47. The number of benzene rings is 2.